The van der Waals surface area contributed by atoms with Gasteiger partial charge >= 0.3 is 5.69 Å². The number of rotatable bonds is 6. The Morgan fingerprint density at radius 3 is 2.70 bits per heavy atom. The molecule has 12 heteroatoms. The number of nitrogens with zero attached hydrogens (tertiary/aromatic N) is 4. The number of aryl methyl sites for hydroxylation is 1. The number of hydrogen-bond donors (Lipinski definition) is 5. The van der Waals surface area contributed by atoms with Crippen LogP contribution in [0.5, 0.6) is 0 Å². The summed E-state index contributed by atoms with van der Waals surface area (Å²) in [4.78, 5) is 28.8. The lowest BCUT2D eigenvalue weighted by Gasteiger charge is -2.17. The molecular weight excluding hydrogens is 362 g/mol. The van der Waals surface area contributed by atoms with Crippen molar-refractivity contribution in [3.05, 3.63) is 46.5 Å². The molecule has 0 aliphatic carbocycles. The van der Waals surface area contributed by atoms with Crippen LogP contribution >= 0.6 is 0 Å². The maximum atomic E-state index is 12.2. The topological polar surface area (TPSA) is 172 Å². The third kappa shape index (κ3) is 4.10. The fraction of sp³-hybridized carbons (Fsp3) is 0.467. The summed E-state index contributed by atoms with van der Waals surface area (Å²) < 4.78 is 6.24. The third-order valence-electron chi connectivity index (χ3n) is 3.95. The second kappa shape index (κ2) is 8.04. The lowest BCUT2D eigenvalue weighted by Crippen LogP contribution is -2.36. The van der Waals surface area contributed by atoms with Crippen LogP contribution in [0.4, 0.5) is 5.82 Å². The maximum absolute atomic E-state index is 12.2. The molecule has 0 spiro atoms. The number of nitrogens with one attached hydrogen (secondary N) is 1. The third-order valence-corrected chi connectivity index (χ3v) is 3.95. The van der Waals surface area contributed by atoms with Gasteiger partial charge in [0.25, 0.3) is 0 Å². The quantitative estimate of drug-likeness (QED) is 0.276. The first kappa shape index (κ1) is 19.3. The first-order valence-corrected chi connectivity index (χ1v) is 8.00. The first-order valence-electron chi connectivity index (χ1n) is 8.00. The van der Waals surface area contributed by atoms with E-state index in [9.17, 15) is 20.1 Å². The van der Waals surface area contributed by atoms with Crippen molar-refractivity contribution >= 4 is 5.82 Å². The van der Waals surface area contributed by atoms with E-state index in [0.29, 0.717) is 5.69 Å². The predicted octanol–water partition coefficient (Wildman–Crippen LogP) is -2.01. The van der Waals surface area contributed by atoms with E-state index in [2.05, 4.69) is 20.4 Å². The molecule has 1 fully saturated rings. The van der Waals surface area contributed by atoms with E-state index >= 15 is 0 Å². The minimum absolute atomic E-state index is 0.0119. The molecule has 1 saturated heterocycles. The maximum Gasteiger partial charge on any atom is 0.351 e. The summed E-state index contributed by atoms with van der Waals surface area (Å²) in [5, 5.41) is 38.7. The SMILES string of the molecule is Cc1cnc(C(O)ONc2ccn([C@@H]3O[C@H](CO)[C@@H](O)[C@H]3O)c(=O)n2)cn1. The normalized spacial score (nSPS) is 26.1. The van der Waals surface area contributed by atoms with Crippen LogP contribution in [-0.2, 0) is 9.57 Å². The lowest BCUT2D eigenvalue weighted by molar-refractivity contribution is -0.0816. The van der Waals surface area contributed by atoms with Crippen molar-refractivity contribution in [2.45, 2.75) is 37.8 Å². The minimum Gasteiger partial charge on any atom is -0.394 e. The summed E-state index contributed by atoms with van der Waals surface area (Å²) in [5.74, 6) is -0.0119. The van der Waals surface area contributed by atoms with Crippen LogP contribution in [0.2, 0.25) is 0 Å². The van der Waals surface area contributed by atoms with Gasteiger partial charge in [0.05, 0.1) is 18.5 Å². The lowest BCUT2D eigenvalue weighted by atomic mass is 10.1. The highest BCUT2D eigenvalue weighted by molar-refractivity contribution is 5.29. The number of ether oxygens (including phenoxy) is 1. The molecule has 3 heterocycles. The molecule has 12 nitrogen and oxygen atoms in total. The van der Waals surface area contributed by atoms with Crippen molar-refractivity contribution in [1.29, 1.82) is 0 Å². The van der Waals surface area contributed by atoms with Gasteiger partial charge in [-0.3, -0.25) is 14.5 Å². The molecule has 0 bridgehead atoms. The van der Waals surface area contributed by atoms with Crippen molar-refractivity contribution in [1.82, 2.24) is 19.5 Å². The zero-order chi connectivity index (χ0) is 19.6. The van der Waals surface area contributed by atoms with Gasteiger partial charge in [0.2, 0.25) is 6.29 Å². The van der Waals surface area contributed by atoms with Gasteiger partial charge in [-0.05, 0) is 13.0 Å². The molecule has 0 aromatic carbocycles. The van der Waals surface area contributed by atoms with Gasteiger partial charge < -0.3 is 25.2 Å². The summed E-state index contributed by atoms with van der Waals surface area (Å²) in [6, 6.07) is 1.34. The van der Waals surface area contributed by atoms with Crippen molar-refractivity contribution in [2.75, 3.05) is 12.1 Å². The van der Waals surface area contributed by atoms with Crippen LogP contribution in [0.25, 0.3) is 0 Å². The smallest absolute Gasteiger partial charge is 0.351 e. The Labute approximate surface area is 152 Å². The highest BCUT2D eigenvalue weighted by Gasteiger charge is 2.43. The Hall–Kier alpha value is -2.48. The number of aliphatic hydroxyl groups excluding tert-OH is 4. The number of hydrogen-bond acceptors (Lipinski definition) is 11. The number of aromatic nitrogens is 4. The van der Waals surface area contributed by atoms with Crippen LogP contribution < -0.4 is 11.2 Å². The number of anilines is 1. The van der Waals surface area contributed by atoms with E-state index in [1.54, 1.807) is 6.92 Å². The average molecular weight is 381 g/mol. The van der Waals surface area contributed by atoms with E-state index in [4.69, 9.17) is 14.7 Å². The highest BCUT2D eigenvalue weighted by Crippen LogP contribution is 2.28. The fourth-order valence-electron chi connectivity index (χ4n) is 2.48. The monoisotopic (exact) mass is 381 g/mol. The van der Waals surface area contributed by atoms with Crippen LogP contribution in [-0.4, -0.2) is 64.9 Å². The van der Waals surface area contributed by atoms with Gasteiger partial charge in [-0.25, -0.2) is 15.1 Å². The largest absolute Gasteiger partial charge is 0.394 e. The molecule has 5 atom stereocenters. The van der Waals surface area contributed by atoms with Gasteiger partial charge in [-0.2, -0.15) is 4.98 Å². The standard InChI is InChI=1S/C15H19N5O7/c1-7-4-17-8(5-16-7)14(24)27-19-10-2-3-20(15(25)18-10)13-12(23)11(22)9(6-21)26-13/h2-5,9,11-14,21-24H,6H2,1H3,(H,18,19,25)/t9-,11-,12-,13-,14?/m1/s1. The molecule has 1 aliphatic rings. The second-order valence-electron chi connectivity index (χ2n) is 5.89. The molecule has 3 rings (SSSR count). The van der Waals surface area contributed by atoms with E-state index in [-0.39, 0.29) is 11.5 Å². The molecular formula is C15H19N5O7. The predicted molar refractivity (Wildman–Crippen MR) is 87.9 cm³/mol. The zero-order valence-electron chi connectivity index (χ0n) is 14.2. The van der Waals surface area contributed by atoms with Gasteiger partial charge in [-0.1, -0.05) is 0 Å². The van der Waals surface area contributed by atoms with Crippen molar-refractivity contribution in [3.63, 3.8) is 0 Å². The fourth-order valence-corrected chi connectivity index (χ4v) is 2.48. The molecule has 146 valence electrons. The molecule has 0 saturated carbocycles. The minimum atomic E-state index is -1.44. The summed E-state index contributed by atoms with van der Waals surface area (Å²) in [6.45, 7) is 1.23. The average Bonchev–Trinajstić information content (AvgIpc) is 2.95. The van der Waals surface area contributed by atoms with Crippen LogP contribution in [0.1, 0.15) is 23.9 Å². The Morgan fingerprint density at radius 2 is 2.11 bits per heavy atom. The van der Waals surface area contributed by atoms with E-state index in [0.717, 1.165) is 4.57 Å². The molecule has 1 aliphatic heterocycles. The summed E-state index contributed by atoms with van der Waals surface area (Å²) in [7, 11) is 0. The molecule has 0 amide bonds. The van der Waals surface area contributed by atoms with Gasteiger partial charge in [0.15, 0.2) is 12.0 Å². The summed E-state index contributed by atoms with van der Waals surface area (Å²) >= 11 is 0. The zero-order valence-corrected chi connectivity index (χ0v) is 14.2. The van der Waals surface area contributed by atoms with Gasteiger partial charge in [0, 0.05) is 12.4 Å². The summed E-state index contributed by atoms with van der Waals surface area (Å²) in [5.41, 5.74) is 2.35. The molecule has 5 N–H and O–H groups in total. The Kier molecular flexibility index (Phi) is 5.74. The van der Waals surface area contributed by atoms with Crippen LogP contribution in [0.3, 0.4) is 0 Å². The van der Waals surface area contributed by atoms with Crippen molar-refractivity contribution in [2.24, 2.45) is 0 Å². The van der Waals surface area contributed by atoms with E-state index in [1.165, 1.54) is 24.7 Å². The van der Waals surface area contributed by atoms with Crippen molar-refractivity contribution < 1.29 is 30.0 Å². The Morgan fingerprint density at radius 1 is 1.33 bits per heavy atom. The highest BCUT2D eigenvalue weighted by atomic mass is 16.7. The second-order valence-corrected chi connectivity index (χ2v) is 5.89. The van der Waals surface area contributed by atoms with Gasteiger partial charge in [-0.15, -0.1) is 0 Å². The van der Waals surface area contributed by atoms with E-state index in [1.807, 2.05) is 0 Å². The molecule has 0 radical (unpaired) electrons. The molecule has 2 aromatic heterocycles. The van der Waals surface area contributed by atoms with Gasteiger partial charge in [0.1, 0.15) is 24.0 Å². The summed E-state index contributed by atoms with van der Waals surface area (Å²) in [6.07, 6.45) is -2.32. The first-order chi connectivity index (χ1) is 12.9. The number of aliphatic hydroxyl groups is 4. The van der Waals surface area contributed by atoms with Crippen molar-refractivity contribution in [3.8, 4) is 0 Å². The molecule has 1 unspecified atom stereocenters. The molecule has 27 heavy (non-hydrogen) atoms. The van der Waals surface area contributed by atoms with Crippen LogP contribution in [0.15, 0.2) is 29.5 Å². The van der Waals surface area contributed by atoms with Crippen LogP contribution in [0, 0.1) is 6.92 Å². The Balaban J connectivity index is 1.66. The van der Waals surface area contributed by atoms with E-state index < -0.39 is 43.1 Å². The molecule has 2 aromatic rings. The Bertz CT molecular complexity index is 830.